The summed E-state index contributed by atoms with van der Waals surface area (Å²) >= 11 is 0. The fourth-order valence-corrected chi connectivity index (χ4v) is 7.07. The summed E-state index contributed by atoms with van der Waals surface area (Å²) in [5, 5.41) is 86.8. The predicted molar refractivity (Wildman–Crippen MR) is 209 cm³/mol. The number of amides is 3. The molecule has 336 valence electrons. The number of carbonyl (C=O) groups excluding carboxylic acids is 3. The molecule has 57 heavy (non-hydrogen) atoms. The van der Waals surface area contributed by atoms with E-state index < -0.39 is 96.0 Å². The Kier molecular flexibility index (Phi) is 20.9. The van der Waals surface area contributed by atoms with Gasteiger partial charge in [0.15, 0.2) is 0 Å². The fourth-order valence-electron chi connectivity index (χ4n) is 7.07. The van der Waals surface area contributed by atoms with Crippen molar-refractivity contribution in [2.75, 3.05) is 7.11 Å². The SMILES string of the molecule is CCC1OC(C)C(NC(=O)CC(C)(C)O)C(O)C1O.CCC1OC(C)C(NC(=O)CC(C)(C)O)C(O)C1O.COC1C(C)OC(C)C(NC(=O)CC(C)(C)O)C1O. The standard InChI is InChI=1S/3C13H25NO5/c1-7-10(14-9(15)6-13(3,4)17)11(16)12(18-5)8(2)19-7;2*1-5-8-11(16)12(17)10(7(2)19-8)14-9(15)6-13(3,4)18/h7-8,10-12,16-17H,6H2,1-5H3,(H,14,15);2*7-8,10-12,16-18H,5-6H2,1-4H3,(H,14,15). The highest BCUT2D eigenvalue weighted by molar-refractivity contribution is 5.78. The molecule has 3 amide bonds. The summed E-state index contributed by atoms with van der Waals surface area (Å²) in [5.41, 5.74) is -3.31. The Morgan fingerprint density at radius 1 is 0.509 bits per heavy atom. The van der Waals surface area contributed by atoms with Gasteiger partial charge < -0.3 is 75.8 Å². The third-order valence-corrected chi connectivity index (χ3v) is 9.93. The third kappa shape index (κ3) is 17.6. The van der Waals surface area contributed by atoms with E-state index in [1.165, 1.54) is 34.8 Å². The van der Waals surface area contributed by atoms with Crippen LogP contribution in [0.2, 0.25) is 0 Å². The van der Waals surface area contributed by atoms with Gasteiger partial charge in [0.2, 0.25) is 17.7 Å². The molecule has 3 aliphatic rings. The Hall–Kier alpha value is -2.07. The summed E-state index contributed by atoms with van der Waals surface area (Å²) in [5.74, 6) is -1.08. The number of aliphatic hydroxyl groups excluding tert-OH is 5. The van der Waals surface area contributed by atoms with Crippen molar-refractivity contribution >= 4 is 17.7 Å². The van der Waals surface area contributed by atoms with Gasteiger partial charge in [-0.2, -0.15) is 0 Å². The summed E-state index contributed by atoms with van der Waals surface area (Å²) in [6, 6.07) is -1.89. The number of hydrogen-bond acceptors (Lipinski definition) is 15. The van der Waals surface area contributed by atoms with E-state index in [-0.39, 0.29) is 49.2 Å². The Bertz CT molecular complexity index is 1180. The highest BCUT2D eigenvalue weighted by Crippen LogP contribution is 2.26. The van der Waals surface area contributed by atoms with Gasteiger partial charge in [0, 0.05) is 7.11 Å². The van der Waals surface area contributed by atoms with Gasteiger partial charge in [-0.15, -0.1) is 0 Å². The van der Waals surface area contributed by atoms with E-state index in [1.54, 1.807) is 34.6 Å². The maximum absolute atomic E-state index is 11.8. The van der Waals surface area contributed by atoms with Gasteiger partial charge in [0.05, 0.1) is 90.8 Å². The maximum Gasteiger partial charge on any atom is 0.223 e. The number of methoxy groups -OCH3 is 1. The molecular weight excluding hydrogens is 750 g/mol. The van der Waals surface area contributed by atoms with Crippen molar-refractivity contribution in [3.8, 4) is 0 Å². The minimum Gasteiger partial charge on any atom is -0.390 e. The zero-order valence-corrected chi connectivity index (χ0v) is 36.1. The zero-order chi connectivity index (χ0) is 44.4. The minimum atomic E-state index is -1.11. The summed E-state index contributed by atoms with van der Waals surface area (Å²) in [6.45, 7) is 20.1. The molecule has 18 heteroatoms. The average Bonchev–Trinajstić information content (AvgIpc) is 3.05. The summed E-state index contributed by atoms with van der Waals surface area (Å²) in [6.07, 6.45) is -6.69. The Labute approximate surface area is 338 Å². The molecule has 3 rings (SSSR count). The van der Waals surface area contributed by atoms with Crippen LogP contribution in [0.3, 0.4) is 0 Å². The van der Waals surface area contributed by atoms with Crippen molar-refractivity contribution in [3.63, 3.8) is 0 Å². The second-order valence-electron chi connectivity index (χ2n) is 17.5. The monoisotopic (exact) mass is 826 g/mol. The van der Waals surface area contributed by atoms with Crippen molar-refractivity contribution in [2.45, 2.75) is 223 Å². The number of rotatable bonds is 12. The van der Waals surface area contributed by atoms with Crippen LogP contribution in [0.15, 0.2) is 0 Å². The first-order chi connectivity index (χ1) is 26.0. The van der Waals surface area contributed by atoms with Gasteiger partial charge in [0.25, 0.3) is 0 Å². The molecule has 3 aliphatic heterocycles. The van der Waals surface area contributed by atoms with E-state index in [0.717, 1.165) is 0 Å². The van der Waals surface area contributed by atoms with Gasteiger partial charge in [-0.3, -0.25) is 14.4 Å². The molecule has 15 unspecified atom stereocenters. The Balaban J connectivity index is 0.000000427. The molecule has 0 saturated carbocycles. The molecule has 15 atom stereocenters. The van der Waals surface area contributed by atoms with E-state index in [2.05, 4.69) is 16.0 Å². The molecule has 11 N–H and O–H groups in total. The first-order valence-electron chi connectivity index (χ1n) is 19.9. The second-order valence-corrected chi connectivity index (χ2v) is 17.5. The largest absolute Gasteiger partial charge is 0.390 e. The fraction of sp³-hybridized carbons (Fsp3) is 0.923. The quantitative estimate of drug-likeness (QED) is 0.112. The Morgan fingerprint density at radius 2 is 0.789 bits per heavy atom. The molecule has 0 aromatic heterocycles. The van der Waals surface area contributed by atoms with Gasteiger partial charge >= 0.3 is 0 Å². The lowest BCUT2D eigenvalue weighted by molar-refractivity contribution is -0.185. The lowest BCUT2D eigenvalue weighted by Gasteiger charge is -2.42. The smallest absolute Gasteiger partial charge is 0.223 e. The maximum atomic E-state index is 11.8. The molecule has 3 saturated heterocycles. The van der Waals surface area contributed by atoms with Crippen LogP contribution in [0.5, 0.6) is 0 Å². The molecule has 3 heterocycles. The molecule has 18 nitrogen and oxygen atoms in total. The molecule has 0 aliphatic carbocycles. The summed E-state index contributed by atoms with van der Waals surface area (Å²) in [7, 11) is 1.50. The van der Waals surface area contributed by atoms with Crippen LogP contribution in [-0.4, -0.2) is 174 Å². The van der Waals surface area contributed by atoms with Gasteiger partial charge in [0.1, 0.15) is 36.6 Å². The molecule has 3 fully saturated rings. The van der Waals surface area contributed by atoms with Gasteiger partial charge in [-0.1, -0.05) is 13.8 Å². The average molecular weight is 826 g/mol. The van der Waals surface area contributed by atoms with E-state index >= 15 is 0 Å². The number of carbonyl (C=O) groups is 3. The minimum absolute atomic E-state index is 0.0316. The summed E-state index contributed by atoms with van der Waals surface area (Å²) < 4.78 is 22.0. The lowest BCUT2D eigenvalue weighted by Crippen LogP contribution is -2.62. The van der Waals surface area contributed by atoms with Crippen LogP contribution in [0.25, 0.3) is 0 Å². The predicted octanol–water partition coefficient (Wildman–Crippen LogP) is -1.08. The van der Waals surface area contributed by atoms with Crippen LogP contribution in [0.1, 0.15) is 115 Å². The highest BCUT2D eigenvalue weighted by atomic mass is 16.6. The van der Waals surface area contributed by atoms with Crippen LogP contribution in [0, 0.1) is 0 Å². The van der Waals surface area contributed by atoms with Crippen LogP contribution in [0.4, 0.5) is 0 Å². The van der Waals surface area contributed by atoms with Crippen molar-refractivity contribution in [2.24, 2.45) is 0 Å². The van der Waals surface area contributed by atoms with Crippen molar-refractivity contribution < 1.29 is 74.2 Å². The van der Waals surface area contributed by atoms with Crippen LogP contribution in [-0.2, 0) is 33.3 Å². The zero-order valence-electron chi connectivity index (χ0n) is 36.1. The van der Waals surface area contributed by atoms with E-state index in [4.69, 9.17) is 18.9 Å². The number of nitrogens with one attached hydrogen (secondary N) is 3. The molecule has 0 aromatic carbocycles. The second kappa shape index (κ2) is 22.5. The molecule has 0 radical (unpaired) electrons. The number of aliphatic hydroxyl groups is 8. The molecule has 0 aromatic rings. The van der Waals surface area contributed by atoms with Crippen LogP contribution >= 0.6 is 0 Å². The van der Waals surface area contributed by atoms with Gasteiger partial charge in [-0.05, 0) is 82.1 Å². The number of hydrogen-bond donors (Lipinski definition) is 11. The molecular formula is C39H75N3O15. The topological polar surface area (TPSA) is 286 Å². The first kappa shape index (κ1) is 52.9. The lowest BCUT2D eigenvalue weighted by atomic mass is 9.92. The normalized spacial score (nSPS) is 36.1. The molecule has 0 bridgehead atoms. The van der Waals surface area contributed by atoms with Crippen molar-refractivity contribution in [1.29, 1.82) is 0 Å². The number of ether oxygens (including phenoxy) is 4. The van der Waals surface area contributed by atoms with Crippen molar-refractivity contribution in [3.05, 3.63) is 0 Å². The third-order valence-electron chi connectivity index (χ3n) is 9.93. The molecule has 0 spiro atoms. The Morgan fingerprint density at radius 3 is 1.05 bits per heavy atom. The van der Waals surface area contributed by atoms with E-state index in [0.29, 0.717) is 12.8 Å². The van der Waals surface area contributed by atoms with E-state index in [1.807, 2.05) is 20.8 Å². The van der Waals surface area contributed by atoms with Crippen LogP contribution < -0.4 is 16.0 Å². The van der Waals surface area contributed by atoms with Gasteiger partial charge in [-0.25, -0.2) is 0 Å². The highest BCUT2D eigenvalue weighted by Gasteiger charge is 2.45. The van der Waals surface area contributed by atoms with E-state index in [9.17, 15) is 55.2 Å². The van der Waals surface area contributed by atoms with Crippen molar-refractivity contribution in [1.82, 2.24) is 16.0 Å². The summed E-state index contributed by atoms with van der Waals surface area (Å²) in [4.78, 5) is 35.3. The first-order valence-corrected chi connectivity index (χ1v) is 19.9.